The van der Waals surface area contributed by atoms with Gasteiger partial charge in [-0.25, -0.2) is 0 Å². The van der Waals surface area contributed by atoms with E-state index in [2.05, 4.69) is 52.2 Å². The van der Waals surface area contributed by atoms with Crippen molar-refractivity contribution in [3.63, 3.8) is 0 Å². The Bertz CT molecular complexity index is 1260. The van der Waals surface area contributed by atoms with Gasteiger partial charge in [-0.1, -0.05) is 161 Å². The summed E-state index contributed by atoms with van der Waals surface area (Å²) in [5.74, 6) is 0.960. The number of carbonyl (C=O) groups excluding carboxylic acids is 4. The Morgan fingerprint density at radius 1 is 0.536 bits per heavy atom. The van der Waals surface area contributed by atoms with Crippen molar-refractivity contribution >= 4 is 23.6 Å². The van der Waals surface area contributed by atoms with Gasteiger partial charge in [0.2, 0.25) is 23.6 Å². The third kappa shape index (κ3) is 41.3. The monoisotopic (exact) mass is 1020 g/mol. The normalized spacial score (nSPS) is 14.4. The summed E-state index contributed by atoms with van der Waals surface area (Å²) in [7, 11) is 6.59. The third-order valence-electron chi connectivity index (χ3n) is 13.9. The molecule has 2 aliphatic rings. The Morgan fingerprint density at radius 3 is 1.30 bits per heavy atom. The molecule has 4 amide bonds. The van der Waals surface area contributed by atoms with Crippen LogP contribution in [0.1, 0.15) is 232 Å². The number of nitrogens with one attached hydrogen (secondary N) is 2. The van der Waals surface area contributed by atoms with E-state index < -0.39 is 0 Å². The topological polar surface area (TPSA) is 108 Å². The van der Waals surface area contributed by atoms with E-state index in [0.29, 0.717) is 32.3 Å². The first-order chi connectivity index (χ1) is 32.4. The van der Waals surface area contributed by atoms with E-state index >= 15 is 0 Å². The molecule has 11 nitrogen and oxygen atoms in total. The summed E-state index contributed by atoms with van der Waals surface area (Å²) in [5.41, 5.74) is 0. The molecule has 0 aromatic heterocycles. The van der Waals surface area contributed by atoms with Gasteiger partial charge in [-0.2, -0.15) is 0 Å². The number of amides is 4. The quantitative estimate of drug-likeness (QED) is 0.0454. The van der Waals surface area contributed by atoms with Crippen LogP contribution in [0.4, 0.5) is 0 Å². The van der Waals surface area contributed by atoms with Crippen LogP contribution in [0.15, 0.2) is 12.7 Å². The maximum atomic E-state index is 12.2. The van der Waals surface area contributed by atoms with Gasteiger partial charge < -0.3 is 49.2 Å². The minimum atomic E-state index is 0. The molecule has 0 bridgehead atoms. The number of nitrogens with zero attached hydrogens (tertiary/aromatic N) is 4. The molecular formula is C56H110Cl2N6O5. The van der Waals surface area contributed by atoms with Gasteiger partial charge in [-0.05, 0) is 38.5 Å². The first-order valence-electron chi connectivity index (χ1n) is 28.4. The fourth-order valence-corrected chi connectivity index (χ4v) is 9.62. The van der Waals surface area contributed by atoms with Crippen molar-refractivity contribution in [3.8, 4) is 0 Å². The minimum absolute atomic E-state index is 0. The standard InChI is InChI=1S/C28H53N3O3.C28H55N3O2.2ClH/c1-4-6-7-8-9-10-11-12-13-18-27(32)29-20-17-23-31(3,22-14-15-25-34-24-5-2)26-30-21-16-19-28(30)33;1-4-5-6-7-8-9-10-11-12-13-14-15-16-17-18-21-27(32)29-23-20-25-31(2,3)26-30-24-19-22-28(30)33;;/h5H,2,4,6-26H2,1,3H3;4-26H2,1-3H3;2*1H. The van der Waals surface area contributed by atoms with Gasteiger partial charge in [0, 0.05) is 71.3 Å². The van der Waals surface area contributed by atoms with Gasteiger partial charge in [0.15, 0.2) is 13.3 Å². The van der Waals surface area contributed by atoms with Crippen LogP contribution < -0.4 is 35.4 Å². The highest BCUT2D eigenvalue weighted by molar-refractivity contribution is 5.78. The largest absolute Gasteiger partial charge is 1.00 e. The highest BCUT2D eigenvalue weighted by Crippen LogP contribution is 2.18. The number of carbonyl (C=O) groups is 4. The summed E-state index contributed by atoms with van der Waals surface area (Å²) in [6, 6.07) is 0. The molecular weight excluding hydrogens is 908 g/mol. The number of likely N-dealkylation sites (tertiary alicyclic amines) is 2. The Kier molecular flexibility index (Phi) is 47.2. The van der Waals surface area contributed by atoms with Crippen LogP contribution in [0.2, 0.25) is 0 Å². The van der Waals surface area contributed by atoms with Crippen LogP contribution >= 0.6 is 0 Å². The van der Waals surface area contributed by atoms with Crippen molar-refractivity contribution in [1.82, 2.24) is 20.4 Å². The van der Waals surface area contributed by atoms with Gasteiger partial charge in [-0.3, -0.25) is 29.0 Å². The van der Waals surface area contributed by atoms with Crippen LogP contribution in [0.5, 0.6) is 0 Å². The Morgan fingerprint density at radius 2 is 0.913 bits per heavy atom. The Labute approximate surface area is 438 Å². The number of rotatable bonds is 45. The van der Waals surface area contributed by atoms with Crippen LogP contribution in [0.25, 0.3) is 0 Å². The zero-order valence-electron chi connectivity index (χ0n) is 45.7. The average Bonchev–Trinajstić information content (AvgIpc) is 3.90. The second kappa shape index (κ2) is 47.1. The van der Waals surface area contributed by atoms with Gasteiger partial charge in [0.1, 0.15) is 0 Å². The summed E-state index contributed by atoms with van der Waals surface area (Å²) in [4.78, 5) is 52.2. The number of quaternary nitrogens is 2. The van der Waals surface area contributed by atoms with E-state index in [9.17, 15) is 19.2 Å². The molecule has 1 unspecified atom stereocenters. The lowest BCUT2D eigenvalue weighted by atomic mass is 10.0. The van der Waals surface area contributed by atoms with Crippen LogP contribution in [-0.4, -0.2) is 136 Å². The maximum Gasteiger partial charge on any atom is 0.226 e. The molecule has 2 saturated heterocycles. The average molecular weight is 1020 g/mol. The molecule has 2 N–H and O–H groups in total. The Balaban J connectivity index is 0. The van der Waals surface area contributed by atoms with Crippen LogP contribution in [0.3, 0.4) is 0 Å². The highest BCUT2D eigenvalue weighted by atomic mass is 35.5. The summed E-state index contributed by atoms with van der Waals surface area (Å²) < 4.78 is 7.16. The van der Waals surface area contributed by atoms with Gasteiger partial charge >= 0.3 is 0 Å². The predicted molar refractivity (Wildman–Crippen MR) is 281 cm³/mol. The van der Waals surface area contributed by atoms with E-state index in [1.54, 1.807) is 6.08 Å². The van der Waals surface area contributed by atoms with Crippen LogP contribution in [0, 0.1) is 0 Å². The molecule has 408 valence electrons. The second-order valence-electron chi connectivity index (χ2n) is 21.3. The highest BCUT2D eigenvalue weighted by Gasteiger charge is 2.30. The molecule has 69 heavy (non-hydrogen) atoms. The first kappa shape index (κ1) is 69.2. The lowest BCUT2D eigenvalue weighted by Gasteiger charge is -2.38. The summed E-state index contributed by atoms with van der Waals surface area (Å²) in [6.07, 6.45) is 42.2. The molecule has 1 atom stereocenters. The molecule has 13 heteroatoms. The van der Waals surface area contributed by atoms with E-state index in [1.165, 1.54) is 135 Å². The molecule has 0 aromatic rings. The molecule has 0 aliphatic carbocycles. The number of unbranched alkanes of at least 4 members (excludes halogenated alkanes) is 23. The van der Waals surface area contributed by atoms with Crippen molar-refractivity contribution in [2.24, 2.45) is 0 Å². The molecule has 2 aliphatic heterocycles. The lowest BCUT2D eigenvalue weighted by Crippen LogP contribution is -3.00. The first-order valence-corrected chi connectivity index (χ1v) is 28.4. The van der Waals surface area contributed by atoms with E-state index in [4.69, 9.17) is 4.74 Å². The van der Waals surface area contributed by atoms with Crippen molar-refractivity contribution in [2.45, 2.75) is 232 Å². The molecule has 0 aromatic carbocycles. The molecule has 0 spiro atoms. The molecule has 2 heterocycles. The van der Waals surface area contributed by atoms with Crippen molar-refractivity contribution in [3.05, 3.63) is 12.7 Å². The summed E-state index contributed by atoms with van der Waals surface area (Å²) in [6.45, 7) is 17.3. The SMILES string of the molecule is C=CCOCCCC[N+](C)(CCCNC(=O)CCCCCCCCCCC)CN1CCCC1=O.CCCCCCCCCCCCCCCCCC(=O)NCCC[N+](C)(C)CN1CCCC1=O.[Cl-].[Cl-]. The van der Waals surface area contributed by atoms with Crippen molar-refractivity contribution in [1.29, 1.82) is 0 Å². The van der Waals surface area contributed by atoms with Crippen molar-refractivity contribution < 1.29 is 57.7 Å². The zero-order chi connectivity index (χ0) is 49.1. The number of ether oxygens (including phenoxy) is 1. The van der Waals surface area contributed by atoms with Gasteiger partial charge in [-0.15, -0.1) is 6.58 Å². The number of hydrogen-bond donors (Lipinski definition) is 2. The molecule has 0 saturated carbocycles. The maximum absolute atomic E-state index is 12.2. The predicted octanol–water partition coefficient (Wildman–Crippen LogP) is 5.84. The molecule has 2 rings (SSSR count). The number of halogens is 2. The zero-order valence-corrected chi connectivity index (χ0v) is 47.2. The van der Waals surface area contributed by atoms with Gasteiger partial charge in [0.05, 0.1) is 47.4 Å². The second-order valence-corrected chi connectivity index (χ2v) is 21.3. The lowest BCUT2D eigenvalue weighted by molar-refractivity contribution is -0.918. The minimum Gasteiger partial charge on any atom is -1.00 e. The molecule has 0 radical (unpaired) electrons. The van der Waals surface area contributed by atoms with E-state index in [1.807, 2.05) is 9.80 Å². The molecule has 2 fully saturated rings. The Hall–Kier alpha value is -1.92. The van der Waals surface area contributed by atoms with Gasteiger partial charge in [0.25, 0.3) is 0 Å². The fraction of sp³-hybridized carbons (Fsp3) is 0.893. The third-order valence-corrected chi connectivity index (χ3v) is 13.9. The van der Waals surface area contributed by atoms with Crippen LogP contribution in [-0.2, 0) is 23.9 Å². The van der Waals surface area contributed by atoms with Crippen molar-refractivity contribution in [2.75, 3.05) is 93.5 Å². The summed E-state index contributed by atoms with van der Waals surface area (Å²) in [5, 5.41) is 6.19. The smallest absolute Gasteiger partial charge is 0.226 e. The van der Waals surface area contributed by atoms with E-state index in [-0.39, 0.29) is 48.4 Å². The number of hydrogen-bond acceptors (Lipinski definition) is 5. The summed E-state index contributed by atoms with van der Waals surface area (Å²) >= 11 is 0. The fourth-order valence-electron chi connectivity index (χ4n) is 9.62. The van der Waals surface area contributed by atoms with E-state index in [0.717, 1.165) is 133 Å².